The molecule has 1 aliphatic heterocycles. The number of aromatic nitrogens is 2. The van der Waals surface area contributed by atoms with Gasteiger partial charge in [-0.15, -0.1) is 0 Å². The van der Waals surface area contributed by atoms with Gasteiger partial charge < -0.3 is 14.6 Å². The molecule has 22 heavy (non-hydrogen) atoms. The number of ether oxygens (including phenoxy) is 1. The highest BCUT2D eigenvalue weighted by atomic mass is 16.5. The molecule has 0 saturated carbocycles. The van der Waals surface area contributed by atoms with Crippen LogP contribution in [0, 0.1) is 13.8 Å². The maximum absolute atomic E-state index is 12.6. The highest BCUT2D eigenvalue weighted by molar-refractivity contribution is 5.85. The Kier molecular flexibility index (Phi) is 3.68. The first-order chi connectivity index (χ1) is 10.4. The number of amides is 1. The Morgan fingerprint density at radius 3 is 2.82 bits per heavy atom. The number of aryl methyl sites for hydroxylation is 2. The maximum atomic E-state index is 12.6. The Balaban J connectivity index is 1.79. The predicted molar refractivity (Wildman–Crippen MR) is 85.6 cm³/mol. The number of benzene rings is 1. The molecule has 0 bridgehead atoms. The number of nitrogens with one attached hydrogen (secondary N) is 1. The van der Waals surface area contributed by atoms with Crippen LogP contribution in [-0.4, -0.2) is 40.0 Å². The molecule has 2 heterocycles. The van der Waals surface area contributed by atoms with Crippen molar-refractivity contribution < 1.29 is 9.53 Å². The zero-order chi connectivity index (χ0) is 15.9. The number of imidazole rings is 1. The van der Waals surface area contributed by atoms with Crippen molar-refractivity contribution in [3.63, 3.8) is 0 Å². The van der Waals surface area contributed by atoms with Crippen molar-refractivity contribution >= 4 is 16.9 Å². The minimum absolute atomic E-state index is 0.0258. The quantitative estimate of drug-likeness (QED) is 0.948. The second-order valence-electron chi connectivity index (χ2n) is 6.48. The van der Waals surface area contributed by atoms with E-state index in [1.165, 1.54) is 11.1 Å². The summed E-state index contributed by atoms with van der Waals surface area (Å²) in [6.07, 6.45) is 1.73. The third-order valence-electron chi connectivity index (χ3n) is 4.55. The third-order valence-corrected chi connectivity index (χ3v) is 4.55. The lowest BCUT2D eigenvalue weighted by Crippen LogP contribution is -2.44. The summed E-state index contributed by atoms with van der Waals surface area (Å²) in [5, 5.41) is 0. The SMILES string of the molecule is Cc1cc2nc(CN(C)C(=O)[C@]3(C)CCCO3)[nH]c2cc1C. The van der Waals surface area contributed by atoms with Crippen LogP contribution >= 0.6 is 0 Å². The van der Waals surface area contributed by atoms with Crippen LogP contribution in [0.15, 0.2) is 12.1 Å². The lowest BCUT2D eigenvalue weighted by molar-refractivity contribution is -0.150. The number of fused-ring (bicyclic) bond motifs is 1. The fourth-order valence-corrected chi connectivity index (χ4v) is 3.05. The molecular weight excluding hydrogens is 278 g/mol. The zero-order valence-electron chi connectivity index (χ0n) is 13.7. The van der Waals surface area contributed by atoms with Gasteiger partial charge in [0.15, 0.2) is 0 Å². The molecule has 1 atom stereocenters. The molecule has 0 unspecified atom stereocenters. The van der Waals surface area contributed by atoms with Crippen LogP contribution in [0.3, 0.4) is 0 Å². The number of rotatable bonds is 3. The normalized spacial score (nSPS) is 21.5. The van der Waals surface area contributed by atoms with Crippen LogP contribution in [-0.2, 0) is 16.1 Å². The van der Waals surface area contributed by atoms with Crippen molar-refractivity contribution in [3.05, 3.63) is 29.1 Å². The van der Waals surface area contributed by atoms with E-state index in [0.29, 0.717) is 13.2 Å². The molecule has 5 heteroatoms. The van der Waals surface area contributed by atoms with Gasteiger partial charge in [0.05, 0.1) is 17.6 Å². The first-order valence-corrected chi connectivity index (χ1v) is 7.74. The molecule has 5 nitrogen and oxygen atoms in total. The molecule has 1 aromatic heterocycles. The second-order valence-corrected chi connectivity index (χ2v) is 6.48. The number of carbonyl (C=O) groups is 1. The average molecular weight is 301 g/mol. The minimum atomic E-state index is -0.673. The number of nitrogens with zero attached hydrogens (tertiary/aromatic N) is 2. The summed E-state index contributed by atoms with van der Waals surface area (Å²) in [7, 11) is 1.80. The van der Waals surface area contributed by atoms with Crippen LogP contribution in [0.4, 0.5) is 0 Å². The average Bonchev–Trinajstić information content (AvgIpc) is 3.05. The molecular formula is C17H23N3O2. The van der Waals surface area contributed by atoms with Gasteiger partial charge in [-0.2, -0.15) is 0 Å². The number of aromatic amines is 1. The molecule has 1 amide bonds. The monoisotopic (exact) mass is 301 g/mol. The molecule has 1 aliphatic rings. The van der Waals surface area contributed by atoms with E-state index in [2.05, 4.69) is 35.9 Å². The van der Waals surface area contributed by atoms with Gasteiger partial charge in [0.1, 0.15) is 11.4 Å². The van der Waals surface area contributed by atoms with Crippen molar-refractivity contribution in [2.45, 2.75) is 45.8 Å². The lowest BCUT2D eigenvalue weighted by Gasteiger charge is -2.27. The lowest BCUT2D eigenvalue weighted by atomic mass is 10.0. The van der Waals surface area contributed by atoms with Gasteiger partial charge >= 0.3 is 0 Å². The van der Waals surface area contributed by atoms with Gasteiger partial charge in [0.2, 0.25) is 0 Å². The highest BCUT2D eigenvalue weighted by Gasteiger charge is 2.39. The molecule has 2 aromatic rings. The number of likely N-dealkylation sites (N-methyl/N-ethyl adjacent to an activating group) is 1. The van der Waals surface area contributed by atoms with Crippen molar-refractivity contribution in [2.75, 3.05) is 13.7 Å². The fraction of sp³-hybridized carbons (Fsp3) is 0.529. The van der Waals surface area contributed by atoms with Crippen molar-refractivity contribution in [1.29, 1.82) is 0 Å². The summed E-state index contributed by atoms with van der Waals surface area (Å²) >= 11 is 0. The van der Waals surface area contributed by atoms with E-state index in [4.69, 9.17) is 4.74 Å². The number of hydrogen-bond donors (Lipinski definition) is 1. The summed E-state index contributed by atoms with van der Waals surface area (Å²) in [6, 6.07) is 4.18. The van der Waals surface area contributed by atoms with Gasteiger partial charge in [0, 0.05) is 13.7 Å². The molecule has 1 aromatic carbocycles. The first kappa shape index (κ1) is 15.0. The smallest absolute Gasteiger partial charge is 0.254 e. The first-order valence-electron chi connectivity index (χ1n) is 7.74. The molecule has 1 N–H and O–H groups in total. The summed E-state index contributed by atoms with van der Waals surface area (Å²) in [5.41, 5.74) is 3.75. The van der Waals surface area contributed by atoms with Crippen LogP contribution in [0.5, 0.6) is 0 Å². The van der Waals surface area contributed by atoms with E-state index >= 15 is 0 Å². The van der Waals surface area contributed by atoms with E-state index in [9.17, 15) is 4.79 Å². The van der Waals surface area contributed by atoms with E-state index < -0.39 is 5.60 Å². The molecule has 1 saturated heterocycles. The molecule has 0 spiro atoms. The molecule has 3 rings (SSSR count). The summed E-state index contributed by atoms with van der Waals surface area (Å²) < 4.78 is 5.63. The Labute approximate surface area is 130 Å². The largest absolute Gasteiger partial charge is 0.365 e. The topological polar surface area (TPSA) is 58.2 Å². The Hall–Kier alpha value is -1.88. The standard InChI is InChI=1S/C17H23N3O2/c1-11-8-13-14(9-12(11)2)19-15(18-13)10-20(4)16(21)17(3)6-5-7-22-17/h8-9H,5-7,10H2,1-4H3,(H,18,19)/t17-/m0/s1. The van der Waals surface area contributed by atoms with Crippen molar-refractivity contribution in [3.8, 4) is 0 Å². The van der Waals surface area contributed by atoms with E-state index in [0.717, 1.165) is 29.7 Å². The van der Waals surface area contributed by atoms with Crippen LogP contribution in [0.25, 0.3) is 11.0 Å². The van der Waals surface area contributed by atoms with E-state index in [-0.39, 0.29) is 5.91 Å². The third kappa shape index (κ3) is 2.61. The maximum Gasteiger partial charge on any atom is 0.254 e. The number of H-pyrrole nitrogens is 1. The molecule has 0 aliphatic carbocycles. The minimum Gasteiger partial charge on any atom is -0.365 e. The Morgan fingerprint density at radius 2 is 2.14 bits per heavy atom. The van der Waals surface area contributed by atoms with E-state index in [1.54, 1.807) is 11.9 Å². The molecule has 1 fully saturated rings. The second kappa shape index (κ2) is 5.39. The van der Waals surface area contributed by atoms with Gasteiger partial charge in [-0.05, 0) is 56.9 Å². The number of hydrogen-bond acceptors (Lipinski definition) is 3. The highest BCUT2D eigenvalue weighted by Crippen LogP contribution is 2.27. The zero-order valence-corrected chi connectivity index (χ0v) is 13.7. The van der Waals surface area contributed by atoms with Crippen molar-refractivity contribution in [2.24, 2.45) is 0 Å². The van der Waals surface area contributed by atoms with E-state index in [1.807, 2.05) is 6.92 Å². The van der Waals surface area contributed by atoms with Crippen molar-refractivity contribution in [1.82, 2.24) is 14.9 Å². The van der Waals surface area contributed by atoms with Gasteiger partial charge in [-0.1, -0.05) is 0 Å². The van der Waals surface area contributed by atoms with Crippen LogP contribution in [0.1, 0.15) is 36.7 Å². The molecule has 118 valence electrons. The number of carbonyl (C=O) groups excluding carboxylic acids is 1. The van der Waals surface area contributed by atoms with Crippen LogP contribution < -0.4 is 0 Å². The summed E-state index contributed by atoms with van der Waals surface area (Å²) in [6.45, 7) is 7.17. The summed E-state index contributed by atoms with van der Waals surface area (Å²) in [4.78, 5) is 22.2. The van der Waals surface area contributed by atoms with Crippen LogP contribution in [0.2, 0.25) is 0 Å². The Morgan fingerprint density at radius 1 is 1.41 bits per heavy atom. The molecule has 0 radical (unpaired) electrons. The van der Waals surface area contributed by atoms with Gasteiger partial charge in [-0.3, -0.25) is 4.79 Å². The fourth-order valence-electron chi connectivity index (χ4n) is 3.05. The summed E-state index contributed by atoms with van der Waals surface area (Å²) in [5.74, 6) is 0.829. The Bertz CT molecular complexity index is 675. The van der Waals surface area contributed by atoms with Gasteiger partial charge in [0.25, 0.3) is 5.91 Å². The predicted octanol–water partition coefficient (Wildman–Crippen LogP) is 2.71. The van der Waals surface area contributed by atoms with Gasteiger partial charge in [-0.25, -0.2) is 4.98 Å².